The minimum atomic E-state index is -0.288. The van der Waals surface area contributed by atoms with E-state index in [1.807, 2.05) is 37.3 Å². The molecule has 0 bridgehead atoms. The molecule has 28 heavy (non-hydrogen) atoms. The first kappa shape index (κ1) is 18.7. The van der Waals surface area contributed by atoms with Gasteiger partial charge < -0.3 is 19.5 Å². The molecule has 1 amide bonds. The maximum atomic E-state index is 12.2. The highest BCUT2D eigenvalue weighted by atomic mass is 35.5. The number of ether oxygens (including phenoxy) is 3. The van der Waals surface area contributed by atoms with Gasteiger partial charge in [0, 0.05) is 17.6 Å². The molecule has 1 aliphatic heterocycles. The lowest BCUT2D eigenvalue weighted by Gasteiger charge is -2.12. The highest BCUT2D eigenvalue weighted by Gasteiger charge is 2.16. The number of carbonyl (C=O) groups is 1. The lowest BCUT2D eigenvalue weighted by Crippen LogP contribution is -2.28. The highest BCUT2D eigenvalue weighted by molar-refractivity contribution is 6.39. The molecule has 3 aromatic rings. The largest absolute Gasteiger partial charge is 0.480 e. The second kappa shape index (κ2) is 7.73. The van der Waals surface area contributed by atoms with Crippen LogP contribution in [0.2, 0.25) is 10.0 Å². The number of fused-ring (bicyclic) bond motifs is 2. The molecule has 8 heteroatoms. The number of hydrogen-bond donors (Lipinski definition) is 1. The molecule has 1 N–H and O–H groups in total. The standard InChI is InChI=1S/C20H16Cl2N2O4/c1-11-2-4-13-14(21)7-15(22)20(19(13)24-11)26-9-18(25)23-8-12-3-5-16-17(6-12)28-10-27-16/h2-7H,8-10H2,1H3,(H,23,25). The van der Waals surface area contributed by atoms with Gasteiger partial charge in [-0.25, -0.2) is 4.98 Å². The first-order valence-corrected chi connectivity index (χ1v) is 9.30. The minimum absolute atomic E-state index is 0.198. The van der Waals surface area contributed by atoms with Gasteiger partial charge in [0.1, 0.15) is 5.52 Å². The van der Waals surface area contributed by atoms with Crippen LogP contribution >= 0.6 is 23.2 Å². The Morgan fingerprint density at radius 3 is 2.82 bits per heavy atom. The molecule has 2 heterocycles. The molecule has 2 aromatic carbocycles. The van der Waals surface area contributed by atoms with E-state index in [1.165, 1.54) is 0 Å². The van der Waals surface area contributed by atoms with Crippen LogP contribution in [0.3, 0.4) is 0 Å². The van der Waals surface area contributed by atoms with Gasteiger partial charge >= 0.3 is 0 Å². The zero-order valence-electron chi connectivity index (χ0n) is 14.9. The Bertz CT molecular complexity index is 1070. The number of aromatic nitrogens is 1. The van der Waals surface area contributed by atoms with E-state index in [4.69, 9.17) is 37.4 Å². The molecule has 0 fully saturated rings. The number of halogens is 2. The SMILES string of the molecule is Cc1ccc2c(Cl)cc(Cl)c(OCC(=O)NCc3ccc4c(c3)OCO4)c2n1. The second-order valence-electron chi connectivity index (χ2n) is 6.27. The number of nitrogens with one attached hydrogen (secondary N) is 1. The van der Waals surface area contributed by atoms with E-state index in [0.717, 1.165) is 11.3 Å². The van der Waals surface area contributed by atoms with Gasteiger partial charge in [0.2, 0.25) is 6.79 Å². The first-order chi connectivity index (χ1) is 13.5. The monoisotopic (exact) mass is 418 g/mol. The van der Waals surface area contributed by atoms with Gasteiger partial charge in [-0.15, -0.1) is 0 Å². The topological polar surface area (TPSA) is 69.7 Å². The van der Waals surface area contributed by atoms with Crippen LogP contribution < -0.4 is 19.5 Å². The van der Waals surface area contributed by atoms with E-state index >= 15 is 0 Å². The average Bonchev–Trinajstić information content (AvgIpc) is 3.13. The molecular weight excluding hydrogens is 403 g/mol. The van der Waals surface area contributed by atoms with Crippen molar-refractivity contribution in [2.75, 3.05) is 13.4 Å². The molecule has 0 unspecified atom stereocenters. The van der Waals surface area contributed by atoms with E-state index in [9.17, 15) is 4.79 Å². The van der Waals surface area contributed by atoms with E-state index in [1.54, 1.807) is 6.07 Å². The van der Waals surface area contributed by atoms with E-state index in [2.05, 4.69) is 10.3 Å². The summed E-state index contributed by atoms with van der Waals surface area (Å²) in [5, 5.41) is 4.30. The Morgan fingerprint density at radius 2 is 1.96 bits per heavy atom. The van der Waals surface area contributed by atoms with Gasteiger partial charge in [-0.05, 0) is 42.8 Å². The second-order valence-corrected chi connectivity index (χ2v) is 7.09. The number of aryl methyl sites for hydroxylation is 1. The van der Waals surface area contributed by atoms with Gasteiger partial charge in [0.25, 0.3) is 5.91 Å². The van der Waals surface area contributed by atoms with Crippen molar-refractivity contribution in [2.24, 2.45) is 0 Å². The van der Waals surface area contributed by atoms with E-state index < -0.39 is 0 Å². The molecule has 0 saturated heterocycles. The Morgan fingerprint density at radius 1 is 1.14 bits per heavy atom. The molecular formula is C20H16Cl2N2O4. The summed E-state index contributed by atoms with van der Waals surface area (Å²) in [6.45, 7) is 2.21. The molecule has 4 rings (SSSR count). The number of rotatable bonds is 5. The van der Waals surface area contributed by atoms with Crippen LogP contribution in [0, 0.1) is 6.92 Å². The number of hydrogen-bond acceptors (Lipinski definition) is 5. The zero-order chi connectivity index (χ0) is 19.7. The fourth-order valence-electron chi connectivity index (χ4n) is 2.87. The molecule has 0 saturated carbocycles. The summed E-state index contributed by atoms with van der Waals surface area (Å²) >= 11 is 12.5. The molecule has 144 valence electrons. The quantitative estimate of drug-likeness (QED) is 0.669. The Labute approximate surface area is 171 Å². The molecule has 0 spiro atoms. The summed E-state index contributed by atoms with van der Waals surface area (Å²) in [6, 6.07) is 10.8. The smallest absolute Gasteiger partial charge is 0.258 e. The van der Waals surface area contributed by atoms with Crippen molar-refractivity contribution in [3.8, 4) is 17.2 Å². The van der Waals surface area contributed by atoms with Crippen LogP contribution in [0.5, 0.6) is 17.2 Å². The first-order valence-electron chi connectivity index (χ1n) is 8.54. The van der Waals surface area contributed by atoms with Gasteiger partial charge in [0.15, 0.2) is 23.9 Å². The number of nitrogens with zero attached hydrogens (tertiary/aromatic N) is 1. The van der Waals surface area contributed by atoms with Crippen LogP contribution in [-0.4, -0.2) is 24.3 Å². The van der Waals surface area contributed by atoms with Crippen LogP contribution in [0.15, 0.2) is 36.4 Å². The number of carbonyl (C=O) groups excluding carboxylic acids is 1. The zero-order valence-corrected chi connectivity index (χ0v) is 16.4. The van der Waals surface area contributed by atoms with E-state index in [-0.39, 0.29) is 19.3 Å². The lowest BCUT2D eigenvalue weighted by molar-refractivity contribution is -0.123. The van der Waals surface area contributed by atoms with Crippen LogP contribution in [0.25, 0.3) is 10.9 Å². The van der Waals surface area contributed by atoms with Crippen molar-refractivity contribution in [1.29, 1.82) is 0 Å². The third kappa shape index (κ3) is 3.79. The van der Waals surface area contributed by atoms with Crippen LogP contribution in [0.4, 0.5) is 0 Å². The maximum Gasteiger partial charge on any atom is 0.258 e. The van der Waals surface area contributed by atoms with Crippen molar-refractivity contribution in [2.45, 2.75) is 13.5 Å². The number of pyridine rings is 1. The predicted molar refractivity (Wildman–Crippen MR) is 106 cm³/mol. The summed E-state index contributed by atoms with van der Waals surface area (Å²) in [4.78, 5) is 16.7. The van der Waals surface area contributed by atoms with Crippen molar-refractivity contribution in [3.63, 3.8) is 0 Å². The summed E-state index contributed by atoms with van der Waals surface area (Å²) < 4.78 is 16.3. The summed E-state index contributed by atoms with van der Waals surface area (Å²) in [5.41, 5.74) is 2.22. The summed E-state index contributed by atoms with van der Waals surface area (Å²) in [6.07, 6.45) is 0. The Balaban J connectivity index is 1.43. The molecule has 1 aliphatic rings. The van der Waals surface area contributed by atoms with Gasteiger partial charge in [-0.3, -0.25) is 4.79 Å². The third-order valence-electron chi connectivity index (χ3n) is 4.25. The summed E-state index contributed by atoms with van der Waals surface area (Å²) in [5.74, 6) is 1.42. The molecule has 0 aliphatic carbocycles. The van der Waals surface area contributed by atoms with E-state index in [0.29, 0.717) is 44.7 Å². The average molecular weight is 419 g/mol. The Hall–Kier alpha value is -2.70. The minimum Gasteiger partial charge on any atom is -0.480 e. The molecule has 1 aromatic heterocycles. The van der Waals surface area contributed by atoms with Crippen molar-refractivity contribution in [3.05, 3.63) is 57.7 Å². The lowest BCUT2D eigenvalue weighted by atomic mass is 10.2. The molecule has 6 nitrogen and oxygen atoms in total. The Kier molecular flexibility index (Phi) is 5.15. The van der Waals surface area contributed by atoms with Gasteiger partial charge in [0.05, 0.1) is 10.0 Å². The maximum absolute atomic E-state index is 12.2. The predicted octanol–water partition coefficient (Wildman–Crippen LogP) is 4.27. The summed E-state index contributed by atoms with van der Waals surface area (Å²) in [7, 11) is 0. The highest BCUT2D eigenvalue weighted by Crippen LogP contribution is 2.37. The van der Waals surface area contributed by atoms with Crippen LogP contribution in [-0.2, 0) is 11.3 Å². The van der Waals surface area contributed by atoms with Gasteiger partial charge in [-0.1, -0.05) is 29.3 Å². The van der Waals surface area contributed by atoms with Crippen molar-refractivity contribution < 1.29 is 19.0 Å². The number of benzene rings is 2. The fraction of sp³-hybridized carbons (Fsp3) is 0.200. The normalized spacial score (nSPS) is 12.2. The molecule has 0 radical (unpaired) electrons. The van der Waals surface area contributed by atoms with Crippen LogP contribution in [0.1, 0.15) is 11.3 Å². The molecule has 0 atom stereocenters. The van der Waals surface area contributed by atoms with Gasteiger partial charge in [-0.2, -0.15) is 0 Å². The fourth-order valence-corrected chi connectivity index (χ4v) is 3.44. The third-order valence-corrected chi connectivity index (χ3v) is 4.84. The number of amides is 1. The van der Waals surface area contributed by atoms with Crippen molar-refractivity contribution in [1.82, 2.24) is 10.3 Å². The van der Waals surface area contributed by atoms with Crippen molar-refractivity contribution >= 4 is 40.0 Å².